The smallest absolute Gasteiger partial charge is 0.490 e. The average Bonchev–Trinajstić information content (AvgIpc) is 3.47. The number of nitrogens with zero attached hydrogens (tertiary/aromatic N) is 3. The molecular formula is C23H21F3N4O4S2. The molecule has 3 aromatic heterocycles. The molecule has 190 valence electrons. The third-order valence-electron chi connectivity index (χ3n) is 5.05. The largest absolute Gasteiger partial charge is 0.508 e. The van der Waals surface area contributed by atoms with Crippen LogP contribution in [0.1, 0.15) is 4.88 Å². The van der Waals surface area contributed by atoms with Crippen LogP contribution in [0.15, 0.2) is 48.8 Å². The van der Waals surface area contributed by atoms with Crippen molar-refractivity contribution in [3.05, 3.63) is 53.7 Å². The predicted octanol–water partition coefficient (Wildman–Crippen LogP) is 5.33. The van der Waals surface area contributed by atoms with Crippen LogP contribution in [0.4, 0.5) is 24.7 Å². The molecule has 3 N–H and O–H groups in total. The summed E-state index contributed by atoms with van der Waals surface area (Å²) in [5.74, 6) is -1.78. The Morgan fingerprint density at radius 3 is 2.53 bits per heavy atom. The third kappa shape index (κ3) is 6.69. The number of alkyl halides is 3. The number of benzene rings is 1. The third-order valence-corrected chi connectivity index (χ3v) is 7.45. The summed E-state index contributed by atoms with van der Waals surface area (Å²) in [5, 5.41) is 20.1. The van der Waals surface area contributed by atoms with Crippen LogP contribution >= 0.6 is 22.7 Å². The highest BCUT2D eigenvalue weighted by atomic mass is 32.1. The monoisotopic (exact) mass is 538 g/mol. The van der Waals surface area contributed by atoms with Gasteiger partial charge in [-0.15, -0.1) is 22.7 Å². The first kappa shape index (κ1) is 25.8. The number of phenols is 1. The van der Waals surface area contributed by atoms with Crippen molar-refractivity contribution in [1.82, 2.24) is 14.9 Å². The van der Waals surface area contributed by atoms with Crippen molar-refractivity contribution >= 4 is 50.4 Å². The Morgan fingerprint density at radius 1 is 1.08 bits per heavy atom. The summed E-state index contributed by atoms with van der Waals surface area (Å²) in [6, 6.07) is 13.6. The molecule has 1 aromatic carbocycles. The van der Waals surface area contributed by atoms with Crippen molar-refractivity contribution in [2.45, 2.75) is 12.7 Å². The lowest BCUT2D eigenvalue weighted by Gasteiger charge is -2.25. The summed E-state index contributed by atoms with van der Waals surface area (Å²) in [6.07, 6.45) is -3.51. The molecule has 0 amide bonds. The zero-order chi connectivity index (χ0) is 25.7. The molecule has 0 spiro atoms. The Balaban J connectivity index is 0.000000384. The van der Waals surface area contributed by atoms with Crippen LogP contribution in [0.5, 0.6) is 5.75 Å². The van der Waals surface area contributed by atoms with Crippen LogP contribution in [0, 0.1) is 0 Å². The number of nitrogens with one attached hydrogen (secondary N) is 1. The molecule has 0 aliphatic carbocycles. The Labute approximate surface area is 211 Å². The quantitative estimate of drug-likeness (QED) is 0.313. The number of aromatic hydroxyl groups is 1. The van der Waals surface area contributed by atoms with Gasteiger partial charge in [0.25, 0.3) is 0 Å². The number of carboxylic acid groups (broad SMARTS) is 1. The van der Waals surface area contributed by atoms with Gasteiger partial charge < -0.3 is 20.3 Å². The second-order valence-corrected chi connectivity index (χ2v) is 9.90. The number of phenolic OH excluding ortho intramolecular Hbond substituents is 1. The summed E-state index contributed by atoms with van der Waals surface area (Å²) in [7, 11) is 0. The van der Waals surface area contributed by atoms with Crippen molar-refractivity contribution in [3.63, 3.8) is 0 Å². The summed E-state index contributed by atoms with van der Waals surface area (Å²) < 4.78 is 38.2. The van der Waals surface area contributed by atoms with Crippen LogP contribution in [-0.4, -0.2) is 63.5 Å². The van der Waals surface area contributed by atoms with Crippen LogP contribution in [0.2, 0.25) is 0 Å². The lowest BCUT2D eigenvalue weighted by molar-refractivity contribution is -0.192. The number of rotatable bonds is 5. The van der Waals surface area contributed by atoms with E-state index >= 15 is 0 Å². The lowest BCUT2D eigenvalue weighted by Crippen LogP contribution is -2.35. The number of aliphatic carboxylic acids is 1. The first-order valence-electron chi connectivity index (χ1n) is 10.7. The van der Waals surface area contributed by atoms with E-state index in [1.165, 1.54) is 14.6 Å². The molecule has 4 aromatic rings. The van der Waals surface area contributed by atoms with Gasteiger partial charge in [-0.3, -0.25) is 4.90 Å². The summed E-state index contributed by atoms with van der Waals surface area (Å²) in [4.78, 5) is 24.0. The number of halogens is 3. The topological polar surface area (TPSA) is 108 Å². The zero-order valence-corrected chi connectivity index (χ0v) is 20.3. The fraction of sp³-hybridized carbons (Fsp3) is 0.261. The number of aromatic nitrogens is 2. The number of thiophene rings is 2. The van der Waals surface area contributed by atoms with E-state index in [9.17, 15) is 18.3 Å². The molecule has 8 nitrogen and oxygen atoms in total. The maximum atomic E-state index is 10.6. The molecule has 0 atom stereocenters. The van der Waals surface area contributed by atoms with E-state index < -0.39 is 12.1 Å². The maximum absolute atomic E-state index is 10.6. The van der Waals surface area contributed by atoms with Crippen molar-refractivity contribution in [2.24, 2.45) is 0 Å². The number of hydrogen-bond donors (Lipinski definition) is 3. The molecule has 1 aliphatic rings. The Bertz CT molecular complexity index is 1340. The molecule has 13 heteroatoms. The molecule has 0 radical (unpaired) electrons. The molecule has 1 fully saturated rings. The standard InChI is InChI=1S/C21H20N4O2S2.C2HF3O2/c26-15-3-1-2-14(10-15)24-21-20-17(22-13-23-21)11-19(29-20)18-5-4-16(28-18)12-25-6-8-27-9-7-25;3-2(4,5)1(6)7/h1-5,10-11,13,26H,6-9,12H2,(H,22,23,24);(H,6,7). The molecule has 5 rings (SSSR count). The Kier molecular flexibility index (Phi) is 8.04. The average molecular weight is 539 g/mol. The minimum absolute atomic E-state index is 0.221. The van der Waals surface area contributed by atoms with Crippen LogP contribution in [0.25, 0.3) is 20.0 Å². The Hall–Kier alpha value is -3.26. The van der Waals surface area contributed by atoms with Crippen LogP contribution < -0.4 is 5.32 Å². The number of carbonyl (C=O) groups is 1. The van der Waals surface area contributed by atoms with E-state index in [4.69, 9.17) is 14.6 Å². The lowest BCUT2D eigenvalue weighted by atomic mass is 10.3. The number of ether oxygens (including phenoxy) is 1. The highest BCUT2D eigenvalue weighted by molar-refractivity contribution is 7.26. The van der Waals surface area contributed by atoms with Crippen molar-refractivity contribution in [2.75, 3.05) is 31.6 Å². The molecule has 0 bridgehead atoms. The van der Waals surface area contributed by atoms with Crippen LogP contribution in [0.3, 0.4) is 0 Å². The highest BCUT2D eigenvalue weighted by Gasteiger charge is 2.38. The normalized spacial score (nSPS) is 14.3. The van der Waals surface area contributed by atoms with Gasteiger partial charge in [0.2, 0.25) is 0 Å². The van der Waals surface area contributed by atoms with Crippen molar-refractivity contribution < 1.29 is 32.9 Å². The van der Waals surface area contributed by atoms with E-state index in [-0.39, 0.29) is 5.75 Å². The number of anilines is 2. The summed E-state index contributed by atoms with van der Waals surface area (Å²) in [6.45, 7) is 4.61. The highest BCUT2D eigenvalue weighted by Crippen LogP contribution is 2.39. The number of morpholine rings is 1. The summed E-state index contributed by atoms with van der Waals surface area (Å²) in [5.41, 5.74) is 1.72. The van der Waals surface area contributed by atoms with Gasteiger partial charge in [0.15, 0.2) is 5.82 Å². The minimum atomic E-state index is -5.08. The molecule has 0 unspecified atom stereocenters. The summed E-state index contributed by atoms with van der Waals surface area (Å²) >= 11 is 3.52. The van der Waals surface area contributed by atoms with Crippen molar-refractivity contribution in [3.8, 4) is 15.5 Å². The molecule has 0 saturated carbocycles. The van der Waals surface area contributed by atoms with Gasteiger partial charge in [-0.05, 0) is 30.3 Å². The molecule has 1 aliphatic heterocycles. The van der Waals surface area contributed by atoms with Gasteiger partial charge in [0.1, 0.15) is 12.1 Å². The first-order valence-corrected chi connectivity index (χ1v) is 12.3. The second kappa shape index (κ2) is 11.2. The van der Waals surface area contributed by atoms with Gasteiger partial charge in [0.05, 0.1) is 23.4 Å². The van der Waals surface area contributed by atoms with E-state index in [1.54, 1.807) is 35.9 Å². The number of hydrogen-bond acceptors (Lipinski definition) is 9. The predicted molar refractivity (Wildman–Crippen MR) is 132 cm³/mol. The number of carboxylic acids is 1. The zero-order valence-electron chi connectivity index (χ0n) is 18.7. The molecule has 4 heterocycles. The maximum Gasteiger partial charge on any atom is 0.490 e. The van der Waals surface area contributed by atoms with Crippen molar-refractivity contribution in [1.29, 1.82) is 0 Å². The van der Waals surface area contributed by atoms with E-state index in [1.807, 2.05) is 17.4 Å². The van der Waals surface area contributed by atoms with E-state index in [2.05, 4.69) is 38.4 Å². The van der Waals surface area contributed by atoms with Crippen LogP contribution in [-0.2, 0) is 16.1 Å². The molecular weight excluding hydrogens is 517 g/mol. The fourth-order valence-electron chi connectivity index (χ4n) is 3.36. The van der Waals surface area contributed by atoms with Gasteiger partial charge >= 0.3 is 12.1 Å². The fourth-order valence-corrected chi connectivity index (χ4v) is 5.55. The Morgan fingerprint density at radius 2 is 1.83 bits per heavy atom. The van der Waals surface area contributed by atoms with Gasteiger partial charge in [-0.25, -0.2) is 14.8 Å². The van der Waals surface area contributed by atoms with E-state index in [0.29, 0.717) is 0 Å². The molecule has 1 saturated heterocycles. The van der Waals surface area contributed by atoms with Gasteiger partial charge in [-0.1, -0.05) is 6.07 Å². The SMILES string of the molecule is O=C(O)C(F)(F)F.Oc1cccc(Nc2ncnc3cc(-c4ccc(CN5CCOCC5)s4)sc23)c1. The number of fused-ring (bicyclic) bond motifs is 1. The van der Waals surface area contributed by atoms with Gasteiger partial charge in [0, 0.05) is 46.0 Å². The second-order valence-electron chi connectivity index (χ2n) is 7.68. The van der Waals surface area contributed by atoms with E-state index in [0.717, 1.165) is 54.6 Å². The van der Waals surface area contributed by atoms with Gasteiger partial charge in [-0.2, -0.15) is 13.2 Å². The minimum Gasteiger partial charge on any atom is -0.508 e. The first-order chi connectivity index (χ1) is 17.2. The molecule has 36 heavy (non-hydrogen) atoms.